The van der Waals surface area contributed by atoms with Crippen LogP contribution < -0.4 is 0 Å². The molecule has 0 unspecified atom stereocenters. The van der Waals surface area contributed by atoms with E-state index in [-0.39, 0.29) is 17.9 Å². The van der Waals surface area contributed by atoms with Gasteiger partial charge in [0, 0.05) is 44.2 Å². The van der Waals surface area contributed by atoms with Crippen molar-refractivity contribution in [1.29, 1.82) is 0 Å². The summed E-state index contributed by atoms with van der Waals surface area (Å²) < 4.78 is 5.46. The van der Waals surface area contributed by atoms with Gasteiger partial charge in [-0.3, -0.25) is 9.59 Å². The molecule has 6 heteroatoms. The zero-order valence-electron chi connectivity index (χ0n) is 13.7. The average Bonchev–Trinajstić information content (AvgIpc) is 3.15. The van der Waals surface area contributed by atoms with Gasteiger partial charge in [-0.15, -0.1) is 0 Å². The van der Waals surface area contributed by atoms with E-state index in [9.17, 15) is 9.59 Å². The molecule has 130 valence electrons. The molecule has 0 bridgehead atoms. The Kier molecular flexibility index (Phi) is 5.74. The van der Waals surface area contributed by atoms with Crippen LogP contribution in [0.3, 0.4) is 0 Å². The van der Waals surface area contributed by atoms with Crippen molar-refractivity contribution in [1.82, 2.24) is 9.80 Å². The Morgan fingerprint density at radius 3 is 2.50 bits per heavy atom. The molecule has 24 heavy (non-hydrogen) atoms. The van der Waals surface area contributed by atoms with Crippen LogP contribution in [0.25, 0.3) is 0 Å². The van der Waals surface area contributed by atoms with Crippen molar-refractivity contribution in [3.05, 3.63) is 34.9 Å². The van der Waals surface area contributed by atoms with Gasteiger partial charge in [-0.2, -0.15) is 0 Å². The Hall–Kier alpha value is -1.59. The average molecular weight is 351 g/mol. The molecule has 0 aliphatic carbocycles. The van der Waals surface area contributed by atoms with Crippen LogP contribution in [0.5, 0.6) is 0 Å². The first kappa shape index (κ1) is 17.2. The van der Waals surface area contributed by atoms with Crippen molar-refractivity contribution < 1.29 is 14.3 Å². The number of amides is 2. The molecule has 2 aliphatic rings. The van der Waals surface area contributed by atoms with E-state index in [1.54, 1.807) is 0 Å². The van der Waals surface area contributed by atoms with E-state index in [0.29, 0.717) is 50.7 Å². The van der Waals surface area contributed by atoms with E-state index in [1.807, 2.05) is 34.1 Å². The second-order valence-corrected chi connectivity index (χ2v) is 6.71. The second kappa shape index (κ2) is 7.99. The van der Waals surface area contributed by atoms with E-state index < -0.39 is 0 Å². The lowest BCUT2D eigenvalue weighted by molar-refractivity contribution is -0.146. The first-order valence-electron chi connectivity index (χ1n) is 8.57. The van der Waals surface area contributed by atoms with E-state index >= 15 is 0 Å². The minimum Gasteiger partial charge on any atom is -0.368 e. The fourth-order valence-corrected chi connectivity index (χ4v) is 3.48. The summed E-state index contributed by atoms with van der Waals surface area (Å²) in [7, 11) is 0. The zero-order valence-corrected chi connectivity index (χ0v) is 14.5. The van der Waals surface area contributed by atoms with Crippen molar-refractivity contribution in [3.8, 4) is 0 Å². The molecule has 0 saturated carbocycles. The molecule has 0 radical (unpaired) electrons. The first-order valence-corrected chi connectivity index (χ1v) is 8.94. The highest BCUT2D eigenvalue weighted by atomic mass is 35.5. The summed E-state index contributed by atoms with van der Waals surface area (Å²) in [5, 5.41) is 0.706. The predicted molar refractivity (Wildman–Crippen MR) is 91.9 cm³/mol. The maximum atomic E-state index is 12.4. The number of halogens is 1. The zero-order chi connectivity index (χ0) is 16.9. The molecule has 2 amide bonds. The quantitative estimate of drug-likeness (QED) is 0.835. The van der Waals surface area contributed by atoms with Crippen LogP contribution in [0, 0.1) is 0 Å². The number of ether oxygens (including phenoxy) is 1. The summed E-state index contributed by atoms with van der Waals surface area (Å²) in [5.41, 5.74) is 1.000. The SMILES string of the molecule is O=C(CCc1ccccc1Cl)N1CCN(C(=O)[C@H]2CCCO2)CC1. The van der Waals surface area contributed by atoms with Crippen LogP contribution in [-0.4, -0.2) is 60.5 Å². The topological polar surface area (TPSA) is 49.9 Å². The first-order chi connectivity index (χ1) is 11.6. The van der Waals surface area contributed by atoms with Crippen LogP contribution >= 0.6 is 11.6 Å². The maximum Gasteiger partial charge on any atom is 0.251 e. The van der Waals surface area contributed by atoms with Gasteiger partial charge in [0.05, 0.1) is 0 Å². The highest BCUT2D eigenvalue weighted by Crippen LogP contribution is 2.18. The van der Waals surface area contributed by atoms with Crippen molar-refractivity contribution in [2.75, 3.05) is 32.8 Å². The van der Waals surface area contributed by atoms with Gasteiger partial charge >= 0.3 is 0 Å². The fraction of sp³-hybridized carbons (Fsp3) is 0.556. The molecule has 2 aliphatic heterocycles. The van der Waals surface area contributed by atoms with Gasteiger partial charge in [0.1, 0.15) is 6.10 Å². The van der Waals surface area contributed by atoms with Crippen molar-refractivity contribution in [3.63, 3.8) is 0 Å². The number of rotatable bonds is 4. The third kappa shape index (κ3) is 4.08. The summed E-state index contributed by atoms with van der Waals surface area (Å²) in [6.45, 7) is 3.06. The van der Waals surface area contributed by atoms with Gasteiger partial charge < -0.3 is 14.5 Å². The minimum absolute atomic E-state index is 0.0793. The number of hydrogen-bond donors (Lipinski definition) is 0. The van der Waals surface area contributed by atoms with Gasteiger partial charge in [-0.1, -0.05) is 29.8 Å². The Bertz CT molecular complexity index is 594. The number of hydrogen-bond acceptors (Lipinski definition) is 3. The molecule has 0 spiro atoms. The molecular formula is C18H23ClN2O3. The Balaban J connectivity index is 1.45. The number of benzene rings is 1. The minimum atomic E-state index is -0.271. The lowest BCUT2D eigenvalue weighted by atomic mass is 10.1. The van der Waals surface area contributed by atoms with Crippen LogP contribution in [-0.2, 0) is 20.7 Å². The Morgan fingerprint density at radius 2 is 1.83 bits per heavy atom. The van der Waals surface area contributed by atoms with E-state index in [1.165, 1.54) is 0 Å². The fourth-order valence-electron chi connectivity index (χ4n) is 3.25. The molecule has 0 aromatic heterocycles. The normalized spacial score (nSPS) is 21.1. The van der Waals surface area contributed by atoms with Crippen molar-refractivity contribution in [2.24, 2.45) is 0 Å². The molecule has 5 nitrogen and oxygen atoms in total. The standard InChI is InChI=1S/C18H23ClN2O3/c19-15-5-2-1-4-14(15)7-8-17(22)20-9-11-21(12-10-20)18(23)16-6-3-13-24-16/h1-2,4-5,16H,3,6-13H2/t16-/m1/s1. The van der Waals surface area contributed by atoms with Crippen LogP contribution in [0.1, 0.15) is 24.8 Å². The largest absolute Gasteiger partial charge is 0.368 e. The van der Waals surface area contributed by atoms with Crippen LogP contribution in [0.2, 0.25) is 5.02 Å². The second-order valence-electron chi connectivity index (χ2n) is 6.30. The molecule has 2 fully saturated rings. The van der Waals surface area contributed by atoms with Gasteiger partial charge in [0.25, 0.3) is 5.91 Å². The van der Waals surface area contributed by atoms with Crippen LogP contribution in [0.4, 0.5) is 0 Å². The molecule has 0 N–H and O–H groups in total. The highest BCUT2D eigenvalue weighted by molar-refractivity contribution is 6.31. The number of aryl methyl sites for hydroxylation is 1. The van der Waals surface area contributed by atoms with Gasteiger partial charge in [-0.25, -0.2) is 0 Å². The summed E-state index contributed by atoms with van der Waals surface area (Å²) >= 11 is 6.13. The Labute approximate surface area is 147 Å². The number of carbonyl (C=O) groups excluding carboxylic acids is 2. The number of piperazine rings is 1. The van der Waals surface area contributed by atoms with Gasteiger partial charge in [0.2, 0.25) is 5.91 Å². The lowest BCUT2D eigenvalue weighted by Crippen LogP contribution is -2.52. The molecule has 2 saturated heterocycles. The van der Waals surface area contributed by atoms with Crippen LogP contribution in [0.15, 0.2) is 24.3 Å². The third-order valence-electron chi connectivity index (χ3n) is 4.72. The van der Waals surface area contributed by atoms with E-state index in [0.717, 1.165) is 18.4 Å². The summed E-state index contributed by atoms with van der Waals surface area (Å²) in [6.07, 6.45) is 2.59. The molecule has 3 rings (SSSR count). The summed E-state index contributed by atoms with van der Waals surface area (Å²) in [5.74, 6) is 0.204. The van der Waals surface area contributed by atoms with Gasteiger partial charge in [0.15, 0.2) is 0 Å². The molecule has 1 atom stereocenters. The highest BCUT2D eigenvalue weighted by Gasteiger charge is 2.31. The maximum absolute atomic E-state index is 12.4. The van der Waals surface area contributed by atoms with Crippen molar-refractivity contribution >= 4 is 23.4 Å². The summed E-state index contributed by atoms with van der Waals surface area (Å²) in [4.78, 5) is 28.3. The molecular weight excluding hydrogens is 328 g/mol. The lowest BCUT2D eigenvalue weighted by Gasteiger charge is -2.35. The number of carbonyl (C=O) groups is 2. The smallest absolute Gasteiger partial charge is 0.251 e. The Morgan fingerprint density at radius 1 is 1.12 bits per heavy atom. The summed E-state index contributed by atoms with van der Waals surface area (Å²) in [6, 6.07) is 7.61. The van der Waals surface area contributed by atoms with Gasteiger partial charge in [-0.05, 0) is 30.9 Å². The molecule has 1 aromatic carbocycles. The number of nitrogens with zero attached hydrogens (tertiary/aromatic N) is 2. The third-order valence-corrected chi connectivity index (χ3v) is 5.08. The molecule has 2 heterocycles. The predicted octanol–water partition coefficient (Wildman–Crippen LogP) is 2.12. The monoisotopic (exact) mass is 350 g/mol. The van der Waals surface area contributed by atoms with E-state index in [2.05, 4.69) is 0 Å². The van der Waals surface area contributed by atoms with Crippen molar-refractivity contribution in [2.45, 2.75) is 31.8 Å². The van der Waals surface area contributed by atoms with E-state index in [4.69, 9.17) is 16.3 Å². The molecule has 1 aromatic rings.